The van der Waals surface area contributed by atoms with Crippen molar-refractivity contribution in [2.75, 3.05) is 12.4 Å². The molecule has 2 heterocycles. The number of carbonyl (C=O) groups is 2. The fraction of sp³-hybridized carbons (Fsp3) is 0.250. The van der Waals surface area contributed by atoms with Crippen LogP contribution in [0.15, 0.2) is 48.8 Å². The number of benzene rings is 1. The normalized spacial score (nSPS) is 11.8. The Morgan fingerprint density at radius 2 is 1.93 bits per heavy atom. The number of hydrogen-bond acceptors (Lipinski definition) is 5. The lowest BCUT2D eigenvalue weighted by atomic mass is 9.95. The Morgan fingerprint density at radius 1 is 1.25 bits per heavy atom. The van der Waals surface area contributed by atoms with Crippen LogP contribution in [0.5, 0.6) is 0 Å². The van der Waals surface area contributed by atoms with Gasteiger partial charge in [-0.1, -0.05) is 23.7 Å². The number of amides is 1. The van der Waals surface area contributed by atoms with Gasteiger partial charge in [0.15, 0.2) is 10.8 Å². The number of methoxy groups -OCH3 is 1. The molecule has 3 rings (SSSR count). The molecular formula is C20H20ClN3O3S. The van der Waals surface area contributed by atoms with E-state index >= 15 is 0 Å². The van der Waals surface area contributed by atoms with Gasteiger partial charge in [0.2, 0.25) is 5.91 Å². The quantitative estimate of drug-likeness (QED) is 0.574. The van der Waals surface area contributed by atoms with E-state index in [9.17, 15) is 9.59 Å². The zero-order valence-electron chi connectivity index (χ0n) is 15.5. The Bertz CT molecular complexity index is 952. The van der Waals surface area contributed by atoms with Gasteiger partial charge in [-0.25, -0.2) is 9.78 Å². The second kappa shape index (κ2) is 9.03. The SMILES string of the molecule is COC(=O)c1nc(NC(=O)CC(Cn2cccc2)c2ccc(Cl)cc2)sc1C. The third-order valence-corrected chi connectivity index (χ3v) is 5.43. The minimum absolute atomic E-state index is 0.0363. The second-order valence-corrected chi connectivity index (χ2v) is 7.94. The topological polar surface area (TPSA) is 73.2 Å². The smallest absolute Gasteiger partial charge is 0.357 e. The lowest BCUT2D eigenvalue weighted by Crippen LogP contribution is -2.18. The van der Waals surface area contributed by atoms with Gasteiger partial charge in [-0.2, -0.15) is 0 Å². The summed E-state index contributed by atoms with van der Waals surface area (Å²) in [5, 5.41) is 3.84. The van der Waals surface area contributed by atoms with Crippen molar-refractivity contribution in [3.63, 3.8) is 0 Å². The monoisotopic (exact) mass is 417 g/mol. The molecule has 6 nitrogen and oxygen atoms in total. The summed E-state index contributed by atoms with van der Waals surface area (Å²) in [5.41, 5.74) is 1.25. The van der Waals surface area contributed by atoms with Crippen molar-refractivity contribution >= 4 is 39.9 Å². The third kappa shape index (κ3) is 4.99. The number of rotatable bonds is 7. The van der Waals surface area contributed by atoms with Gasteiger partial charge in [-0.15, -0.1) is 11.3 Å². The molecule has 146 valence electrons. The fourth-order valence-corrected chi connectivity index (χ4v) is 3.84. The molecule has 0 fully saturated rings. The fourth-order valence-electron chi connectivity index (χ4n) is 2.90. The molecule has 0 saturated heterocycles. The summed E-state index contributed by atoms with van der Waals surface area (Å²) in [7, 11) is 1.30. The molecule has 1 amide bonds. The van der Waals surface area contributed by atoms with Gasteiger partial charge in [0.1, 0.15) is 0 Å². The van der Waals surface area contributed by atoms with Crippen molar-refractivity contribution in [1.29, 1.82) is 0 Å². The molecule has 1 N–H and O–H groups in total. The van der Waals surface area contributed by atoms with E-state index in [-0.39, 0.29) is 23.9 Å². The number of anilines is 1. The van der Waals surface area contributed by atoms with Crippen molar-refractivity contribution < 1.29 is 14.3 Å². The van der Waals surface area contributed by atoms with E-state index in [4.69, 9.17) is 16.3 Å². The highest BCUT2D eigenvalue weighted by Crippen LogP contribution is 2.26. The molecule has 28 heavy (non-hydrogen) atoms. The Morgan fingerprint density at radius 3 is 2.57 bits per heavy atom. The van der Waals surface area contributed by atoms with Crippen LogP contribution in [-0.4, -0.2) is 28.5 Å². The van der Waals surface area contributed by atoms with Crippen LogP contribution in [0, 0.1) is 6.92 Å². The number of nitrogens with zero attached hydrogens (tertiary/aromatic N) is 2. The number of ether oxygens (including phenoxy) is 1. The standard InChI is InChI=1S/C20H20ClN3O3S/c1-13-18(19(26)27-2)23-20(28-13)22-17(25)11-15(12-24-9-3-4-10-24)14-5-7-16(21)8-6-14/h3-10,15H,11-12H2,1-2H3,(H,22,23,25). The zero-order chi connectivity index (χ0) is 20.1. The number of carbonyl (C=O) groups excluding carboxylic acids is 2. The molecule has 0 bridgehead atoms. The van der Waals surface area contributed by atoms with Crippen LogP contribution in [0.2, 0.25) is 5.02 Å². The largest absolute Gasteiger partial charge is 0.464 e. The van der Waals surface area contributed by atoms with Crippen molar-refractivity contribution in [3.8, 4) is 0 Å². The van der Waals surface area contributed by atoms with Crippen LogP contribution in [-0.2, 0) is 16.1 Å². The van der Waals surface area contributed by atoms with Gasteiger partial charge >= 0.3 is 5.97 Å². The summed E-state index contributed by atoms with van der Waals surface area (Å²) < 4.78 is 6.74. The summed E-state index contributed by atoms with van der Waals surface area (Å²) in [6.07, 6.45) is 4.20. The summed E-state index contributed by atoms with van der Waals surface area (Å²) in [6.45, 7) is 2.43. The lowest BCUT2D eigenvalue weighted by Gasteiger charge is -2.18. The first-order valence-corrected chi connectivity index (χ1v) is 9.87. The Balaban J connectivity index is 1.73. The highest BCUT2D eigenvalue weighted by atomic mass is 35.5. The summed E-state index contributed by atoms with van der Waals surface area (Å²) >= 11 is 7.25. The molecule has 0 radical (unpaired) electrons. The Hall–Kier alpha value is -2.64. The minimum atomic E-state index is -0.513. The van der Waals surface area contributed by atoms with E-state index in [1.165, 1.54) is 18.4 Å². The summed E-state index contributed by atoms with van der Waals surface area (Å²) in [4.78, 5) is 29.2. The van der Waals surface area contributed by atoms with Gasteiger partial charge in [0.25, 0.3) is 0 Å². The summed E-state index contributed by atoms with van der Waals surface area (Å²) in [6, 6.07) is 11.4. The van der Waals surface area contributed by atoms with E-state index in [0.717, 1.165) is 5.56 Å². The van der Waals surface area contributed by atoms with Crippen LogP contribution in [0.25, 0.3) is 0 Å². The predicted octanol–water partition coefficient (Wildman–Crippen LogP) is 4.51. The number of aromatic nitrogens is 2. The molecule has 2 aromatic heterocycles. The lowest BCUT2D eigenvalue weighted by molar-refractivity contribution is -0.116. The highest BCUT2D eigenvalue weighted by Gasteiger charge is 2.20. The van der Waals surface area contributed by atoms with E-state index < -0.39 is 5.97 Å². The van der Waals surface area contributed by atoms with Gasteiger partial charge in [0.05, 0.1) is 7.11 Å². The second-order valence-electron chi connectivity index (χ2n) is 6.30. The number of nitrogens with one attached hydrogen (secondary N) is 1. The minimum Gasteiger partial charge on any atom is -0.464 e. The molecular weight excluding hydrogens is 398 g/mol. The van der Waals surface area contributed by atoms with Crippen LogP contribution >= 0.6 is 22.9 Å². The first-order chi connectivity index (χ1) is 13.5. The molecule has 3 aromatic rings. The number of halogens is 1. The number of thiazole rings is 1. The van der Waals surface area contributed by atoms with Crippen molar-refractivity contribution in [2.24, 2.45) is 0 Å². The van der Waals surface area contributed by atoms with E-state index in [0.29, 0.717) is 21.6 Å². The molecule has 1 aromatic carbocycles. The van der Waals surface area contributed by atoms with Crippen molar-refractivity contribution in [3.05, 3.63) is 69.9 Å². The first-order valence-electron chi connectivity index (χ1n) is 8.68. The summed E-state index contributed by atoms with van der Waals surface area (Å²) in [5.74, 6) is -0.719. The van der Waals surface area contributed by atoms with Crippen molar-refractivity contribution in [2.45, 2.75) is 25.8 Å². The van der Waals surface area contributed by atoms with Crippen molar-refractivity contribution in [1.82, 2.24) is 9.55 Å². The zero-order valence-corrected chi connectivity index (χ0v) is 17.1. The van der Waals surface area contributed by atoms with Gasteiger partial charge in [0, 0.05) is 41.2 Å². The maximum Gasteiger partial charge on any atom is 0.357 e. The number of hydrogen-bond donors (Lipinski definition) is 1. The van der Waals surface area contributed by atoms with Crippen LogP contribution < -0.4 is 5.32 Å². The third-order valence-electron chi connectivity index (χ3n) is 4.29. The molecule has 0 aliphatic heterocycles. The predicted molar refractivity (Wildman–Crippen MR) is 110 cm³/mol. The molecule has 0 aliphatic carbocycles. The van der Waals surface area contributed by atoms with Gasteiger partial charge < -0.3 is 14.6 Å². The Labute approximate surface area is 172 Å². The van der Waals surface area contributed by atoms with Gasteiger partial charge in [-0.05, 0) is 36.8 Å². The Kier molecular flexibility index (Phi) is 6.49. The molecule has 0 aliphatic rings. The molecule has 8 heteroatoms. The average Bonchev–Trinajstić information content (AvgIpc) is 3.30. The maximum absolute atomic E-state index is 12.7. The first kappa shape index (κ1) is 20.1. The van der Waals surface area contributed by atoms with E-state index in [2.05, 4.69) is 10.3 Å². The van der Waals surface area contributed by atoms with Gasteiger partial charge in [-0.3, -0.25) is 4.79 Å². The van der Waals surface area contributed by atoms with E-state index in [1.54, 1.807) is 6.92 Å². The van der Waals surface area contributed by atoms with Crippen LogP contribution in [0.1, 0.15) is 33.3 Å². The number of aryl methyl sites for hydroxylation is 1. The average molecular weight is 418 g/mol. The molecule has 1 atom stereocenters. The van der Waals surface area contributed by atoms with E-state index in [1.807, 2.05) is 53.4 Å². The molecule has 0 spiro atoms. The highest BCUT2D eigenvalue weighted by molar-refractivity contribution is 7.16. The van der Waals surface area contributed by atoms with Crippen LogP contribution in [0.4, 0.5) is 5.13 Å². The maximum atomic E-state index is 12.7. The molecule has 1 unspecified atom stereocenters. The van der Waals surface area contributed by atoms with Crippen LogP contribution in [0.3, 0.4) is 0 Å². The number of esters is 1. The molecule has 0 saturated carbocycles.